The first-order valence-electron chi connectivity index (χ1n) is 7.96. The SMILES string of the molecule is CCOc1cccc(C(=O)NCCc2ccc(NC(C)=O)cc2)c1. The molecule has 0 bridgehead atoms. The standard InChI is InChI=1S/C19H22N2O3/c1-3-24-18-6-4-5-16(13-18)19(23)20-12-11-15-7-9-17(10-8-15)21-14(2)22/h4-10,13H,3,11-12H2,1-2H3,(H,20,23)(H,21,22). The minimum absolute atomic E-state index is 0.0932. The monoisotopic (exact) mass is 326 g/mol. The van der Waals surface area contributed by atoms with Crippen LogP contribution in [0.2, 0.25) is 0 Å². The van der Waals surface area contributed by atoms with Gasteiger partial charge in [0.1, 0.15) is 5.75 Å². The van der Waals surface area contributed by atoms with Crippen LogP contribution in [0.1, 0.15) is 29.8 Å². The van der Waals surface area contributed by atoms with E-state index in [9.17, 15) is 9.59 Å². The summed E-state index contributed by atoms with van der Waals surface area (Å²) in [6, 6.07) is 14.7. The summed E-state index contributed by atoms with van der Waals surface area (Å²) in [5.74, 6) is 0.481. The number of carbonyl (C=O) groups is 2. The zero-order chi connectivity index (χ0) is 17.4. The molecule has 5 nitrogen and oxygen atoms in total. The number of carbonyl (C=O) groups excluding carboxylic acids is 2. The molecule has 5 heteroatoms. The molecule has 0 aliphatic carbocycles. The third-order valence-corrected chi connectivity index (χ3v) is 3.38. The van der Waals surface area contributed by atoms with Gasteiger partial charge in [-0.25, -0.2) is 0 Å². The van der Waals surface area contributed by atoms with Gasteiger partial charge in [0, 0.05) is 24.7 Å². The summed E-state index contributed by atoms with van der Waals surface area (Å²) < 4.78 is 5.40. The number of rotatable bonds is 7. The molecule has 0 heterocycles. The molecule has 24 heavy (non-hydrogen) atoms. The van der Waals surface area contributed by atoms with Crippen LogP contribution < -0.4 is 15.4 Å². The number of anilines is 1. The maximum Gasteiger partial charge on any atom is 0.251 e. The number of nitrogens with one attached hydrogen (secondary N) is 2. The van der Waals surface area contributed by atoms with E-state index in [1.807, 2.05) is 37.3 Å². The van der Waals surface area contributed by atoms with E-state index in [0.717, 1.165) is 17.7 Å². The lowest BCUT2D eigenvalue weighted by atomic mass is 10.1. The summed E-state index contributed by atoms with van der Waals surface area (Å²) in [5, 5.41) is 5.62. The second-order valence-corrected chi connectivity index (χ2v) is 5.34. The Morgan fingerprint density at radius 3 is 2.50 bits per heavy atom. The number of hydrogen-bond donors (Lipinski definition) is 2. The lowest BCUT2D eigenvalue weighted by Gasteiger charge is -2.08. The fourth-order valence-corrected chi connectivity index (χ4v) is 2.27. The minimum Gasteiger partial charge on any atom is -0.494 e. The highest BCUT2D eigenvalue weighted by atomic mass is 16.5. The van der Waals surface area contributed by atoms with Gasteiger partial charge in [0.2, 0.25) is 5.91 Å². The van der Waals surface area contributed by atoms with Gasteiger partial charge in [-0.2, -0.15) is 0 Å². The summed E-state index contributed by atoms with van der Waals surface area (Å²) in [6.45, 7) is 4.49. The highest BCUT2D eigenvalue weighted by Crippen LogP contribution is 2.13. The number of amides is 2. The first-order valence-corrected chi connectivity index (χ1v) is 7.96. The molecule has 0 aliphatic rings. The van der Waals surface area contributed by atoms with E-state index in [4.69, 9.17) is 4.74 Å². The fourth-order valence-electron chi connectivity index (χ4n) is 2.27. The second kappa shape index (κ2) is 8.72. The van der Waals surface area contributed by atoms with Gasteiger partial charge >= 0.3 is 0 Å². The first-order chi connectivity index (χ1) is 11.6. The summed E-state index contributed by atoms with van der Waals surface area (Å²) in [5.41, 5.74) is 2.44. The lowest BCUT2D eigenvalue weighted by molar-refractivity contribution is -0.114. The molecule has 0 unspecified atom stereocenters. The molecule has 0 aromatic heterocycles. The van der Waals surface area contributed by atoms with Crippen LogP contribution in [-0.2, 0) is 11.2 Å². The third kappa shape index (κ3) is 5.43. The van der Waals surface area contributed by atoms with Crippen LogP contribution in [0.25, 0.3) is 0 Å². The molecule has 0 radical (unpaired) electrons. The zero-order valence-electron chi connectivity index (χ0n) is 14.0. The highest BCUT2D eigenvalue weighted by Gasteiger charge is 2.06. The van der Waals surface area contributed by atoms with Crippen molar-refractivity contribution < 1.29 is 14.3 Å². The van der Waals surface area contributed by atoms with Gasteiger partial charge in [-0.15, -0.1) is 0 Å². The van der Waals surface area contributed by atoms with Crippen LogP contribution in [0.15, 0.2) is 48.5 Å². The molecule has 2 aromatic carbocycles. The van der Waals surface area contributed by atoms with Crippen molar-refractivity contribution in [3.8, 4) is 5.75 Å². The number of ether oxygens (including phenoxy) is 1. The van der Waals surface area contributed by atoms with E-state index in [1.165, 1.54) is 6.92 Å². The van der Waals surface area contributed by atoms with Gasteiger partial charge < -0.3 is 15.4 Å². The maximum atomic E-state index is 12.2. The molecule has 0 saturated heterocycles. The fraction of sp³-hybridized carbons (Fsp3) is 0.263. The molecule has 126 valence electrons. The Kier molecular flexibility index (Phi) is 6.37. The average Bonchev–Trinajstić information content (AvgIpc) is 2.56. The van der Waals surface area contributed by atoms with Gasteiger partial charge in [-0.1, -0.05) is 18.2 Å². The normalized spacial score (nSPS) is 10.1. The predicted molar refractivity (Wildman–Crippen MR) is 94.4 cm³/mol. The molecule has 2 aromatic rings. The summed E-state index contributed by atoms with van der Waals surface area (Å²) in [6.07, 6.45) is 0.719. The van der Waals surface area contributed by atoms with Gasteiger partial charge in [-0.05, 0) is 49.2 Å². The molecule has 0 fully saturated rings. The van der Waals surface area contributed by atoms with Crippen LogP contribution >= 0.6 is 0 Å². The predicted octanol–water partition coefficient (Wildman–Crippen LogP) is 3.02. The van der Waals surface area contributed by atoms with E-state index in [1.54, 1.807) is 18.2 Å². The Hall–Kier alpha value is -2.82. The van der Waals surface area contributed by atoms with Gasteiger partial charge in [0.15, 0.2) is 0 Å². The lowest BCUT2D eigenvalue weighted by Crippen LogP contribution is -2.25. The van der Waals surface area contributed by atoms with Crippen molar-refractivity contribution >= 4 is 17.5 Å². The van der Waals surface area contributed by atoms with Crippen LogP contribution in [0, 0.1) is 0 Å². The minimum atomic E-state index is -0.119. The van der Waals surface area contributed by atoms with Crippen LogP contribution in [-0.4, -0.2) is 25.0 Å². The number of benzene rings is 2. The third-order valence-electron chi connectivity index (χ3n) is 3.38. The van der Waals surface area contributed by atoms with Crippen LogP contribution in [0.5, 0.6) is 5.75 Å². The smallest absolute Gasteiger partial charge is 0.251 e. The van der Waals surface area contributed by atoms with Crippen molar-refractivity contribution in [2.45, 2.75) is 20.3 Å². The van der Waals surface area contributed by atoms with Gasteiger partial charge in [0.05, 0.1) is 6.61 Å². The molecular weight excluding hydrogens is 304 g/mol. The zero-order valence-corrected chi connectivity index (χ0v) is 14.0. The number of hydrogen-bond acceptors (Lipinski definition) is 3. The Bertz CT molecular complexity index is 696. The highest BCUT2D eigenvalue weighted by molar-refractivity contribution is 5.94. The van der Waals surface area contributed by atoms with Gasteiger partial charge in [0.25, 0.3) is 5.91 Å². The molecule has 0 saturated carbocycles. The van der Waals surface area contributed by atoms with E-state index < -0.39 is 0 Å². The quantitative estimate of drug-likeness (QED) is 0.822. The van der Waals surface area contributed by atoms with E-state index in [0.29, 0.717) is 24.5 Å². The van der Waals surface area contributed by atoms with Gasteiger partial charge in [-0.3, -0.25) is 9.59 Å². The Balaban J connectivity index is 1.84. The molecule has 0 spiro atoms. The van der Waals surface area contributed by atoms with Crippen molar-refractivity contribution in [3.05, 3.63) is 59.7 Å². The molecule has 2 amide bonds. The largest absolute Gasteiger partial charge is 0.494 e. The van der Waals surface area contributed by atoms with Crippen molar-refractivity contribution in [3.63, 3.8) is 0 Å². The molecular formula is C19H22N2O3. The van der Waals surface area contributed by atoms with E-state index >= 15 is 0 Å². The van der Waals surface area contributed by atoms with E-state index in [-0.39, 0.29) is 11.8 Å². The summed E-state index contributed by atoms with van der Waals surface area (Å²) in [4.78, 5) is 23.1. The Labute approximate surface area is 142 Å². The molecule has 2 rings (SSSR count). The molecule has 2 N–H and O–H groups in total. The first kappa shape index (κ1) is 17.5. The second-order valence-electron chi connectivity index (χ2n) is 5.34. The van der Waals surface area contributed by atoms with Crippen molar-refractivity contribution in [2.75, 3.05) is 18.5 Å². The summed E-state index contributed by atoms with van der Waals surface area (Å²) in [7, 11) is 0. The molecule has 0 atom stereocenters. The Morgan fingerprint density at radius 1 is 1.08 bits per heavy atom. The Morgan fingerprint density at radius 2 is 1.83 bits per heavy atom. The topological polar surface area (TPSA) is 67.4 Å². The van der Waals surface area contributed by atoms with Crippen molar-refractivity contribution in [1.29, 1.82) is 0 Å². The van der Waals surface area contributed by atoms with Crippen molar-refractivity contribution in [2.24, 2.45) is 0 Å². The average molecular weight is 326 g/mol. The van der Waals surface area contributed by atoms with Crippen LogP contribution in [0.4, 0.5) is 5.69 Å². The maximum absolute atomic E-state index is 12.2. The van der Waals surface area contributed by atoms with Crippen molar-refractivity contribution in [1.82, 2.24) is 5.32 Å². The van der Waals surface area contributed by atoms with Crippen LogP contribution in [0.3, 0.4) is 0 Å². The summed E-state index contributed by atoms with van der Waals surface area (Å²) >= 11 is 0. The molecule has 0 aliphatic heterocycles. The van der Waals surface area contributed by atoms with E-state index in [2.05, 4.69) is 10.6 Å².